The Bertz CT molecular complexity index is 1280. The maximum absolute atomic E-state index is 14.4. The Morgan fingerprint density at radius 2 is 1.47 bits per heavy atom. The van der Waals surface area contributed by atoms with Crippen molar-refractivity contribution in [3.05, 3.63) is 114 Å². The number of ether oxygens (including phenoxy) is 1. The van der Waals surface area contributed by atoms with Crippen molar-refractivity contribution in [2.75, 3.05) is 6.61 Å². The number of hydrogen-bond acceptors (Lipinski definition) is 1. The Hall–Kier alpha value is -3.90. The first-order valence-electron chi connectivity index (χ1n) is 9.47. The number of fused-ring (bicyclic) bond motifs is 1. The van der Waals surface area contributed by atoms with Crippen molar-refractivity contribution < 1.29 is 13.5 Å². The lowest BCUT2D eigenvalue weighted by Gasteiger charge is -2.07. The van der Waals surface area contributed by atoms with Gasteiger partial charge >= 0.3 is 0 Å². The third-order valence-corrected chi connectivity index (χ3v) is 4.66. The second-order valence-corrected chi connectivity index (χ2v) is 6.77. The molecule has 146 valence electrons. The molecule has 0 unspecified atom stereocenters. The van der Waals surface area contributed by atoms with E-state index in [0.29, 0.717) is 17.9 Å². The lowest BCUT2D eigenvalue weighted by atomic mass is 10.0. The topological polar surface area (TPSA) is 9.23 Å². The number of hydrogen-bond donors (Lipinski definition) is 0. The van der Waals surface area contributed by atoms with Crippen LogP contribution >= 0.6 is 0 Å². The van der Waals surface area contributed by atoms with E-state index in [1.54, 1.807) is 24.3 Å². The predicted octanol–water partition coefficient (Wildman–Crippen LogP) is 6.75. The van der Waals surface area contributed by atoms with Gasteiger partial charge in [0.2, 0.25) is 0 Å². The molecule has 0 aliphatic heterocycles. The van der Waals surface area contributed by atoms with Crippen molar-refractivity contribution >= 4 is 10.8 Å². The smallest absolute Gasteiger partial charge is 0.134 e. The van der Waals surface area contributed by atoms with Crippen molar-refractivity contribution in [3.8, 4) is 28.7 Å². The summed E-state index contributed by atoms with van der Waals surface area (Å²) in [4.78, 5) is 0. The van der Waals surface area contributed by atoms with Gasteiger partial charge in [0.1, 0.15) is 24.0 Å². The van der Waals surface area contributed by atoms with E-state index in [-0.39, 0.29) is 11.6 Å². The fourth-order valence-corrected chi connectivity index (χ4v) is 3.15. The fraction of sp³-hybridized carbons (Fsp3) is 0.0370. The largest absolute Gasteiger partial charge is 0.489 e. The van der Waals surface area contributed by atoms with Crippen LogP contribution < -0.4 is 4.74 Å². The van der Waals surface area contributed by atoms with Crippen LogP contribution in [-0.2, 0) is 0 Å². The molecule has 0 bridgehead atoms. The van der Waals surface area contributed by atoms with Gasteiger partial charge in [-0.3, -0.25) is 0 Å². The third-order valence-electron chi connectivity index (χ3n) is 4.66. The molecule has 0 N–H and O–H groups in total. The lowest BCUT2D eigenvalue weighted by Crippen LogP contribution is -1.94. The van der Waals surface area contributed by atoms with E-state index in [9.17, 15) is 8.78 Å². The minimum atomic E-state index is -0.344. The van der Waals surface area contributed by atoms with Gasteiger partial charge in [-0.1, -0.05) is 48.8 Å². The first-order chi connectivity index (χ1) is 14.6. The maximum atomic E-state index is 14.4. The summed E-state index contributed by atoms with van der Waals surface area (Å²) < 4.78 is 33.1. The van der Waals surface area contributed by atoms with Crippen LogP contribution in [0.1, 0.15) is 11.1 Å². The Labute approximate surface area is 174 Å². The first-order valence-corrected chi connectivity index (χ1v) is 9.47. The summed E-state index contributed by atoms with van der Waals surface area (Å²) >= 11 is 0. The Morgan fingerprint density at radius 1 is 0.767 bits per heavy atom. The number of rotatable bonds is 4. The summed E-state index contributed by atoms with van der Waals surface area (Å²) in [5.74, 6) is 6.11. The van der Waals surface area contributed by atoms with E-state index in [2.05, 4.69) is 18.4 Å². The van der Waals surface area contributed by atoms with Crippen molar-refractivity contribution in [2.45, 2.75) is 0 Å². The summed E-state index contributed by atoms with van der Waals surface area (Å²) in [6.07, 6.45) is 1.61. The van der Waals surface area contributed by atoms with E-state index in [0.717, 1.165) is 27.5 Å². The molecule has 4 rings (SSSR count). The average Bonchev–Trinajstić information content (AvgIpc) is 2.77. The summed E-state index contributed by atoms with van der Waals surface area (Å²) in [7, 11) is 0. The van der Waals surface area contributed by atoms with E-state index in [1.807, 2.05) is 42.5 Å². The molecule has 0 aliphatic carbocycles. The molecule has 3 heteroatoms. The number of benzene rings is 4. The minimum Gasteiger partial charge on any atom is -0.489 e. The van der Waals surface area contributed by atoms with Crippen LogP contribution in [0.15, 0.2) is 91.5 Å². The molecule has 0 saturated heterocycles. The second-order valence-electron chi connectivity index (χ2n) is 6.77. The quantitative estimate of drug-likeness (QED) is 0.274. The molecule has 0 radical (unpaired) electrons. The van der Waals surface area contributed by atoms with Crippen molar-refractivity contribution in [1.29, 1.82) is 0 Å². The molecule has 4 aromatic rings. The van der Waals surface area contributed by atoms with Gasteiger partial charge in [-0.25, -0.2) is 8.78 Å². The second kappa shape index (κ2) is 8.63. The van der Waals surface area contributed by atoms with Gasteiger partial charge in [0, 0.05) is 22.8 Å². The normalized spacial score (nSPS) is 10.3. The highest BCUT2D eigenvalue weighted by molar-refractivity contribution is 5.84. The summed E-state index contributed by atoms with van der Waals surface area (Å²) in [6, 6.07) is 22.6. The fourth-order valence-electron chi connectivity index (χ4n) is 3.15. The average molecular weight is 396 g/mol. The van der Waals surface area contributed by atoms with Crippen LogP contribution in [0.3, 0.4) is 0 Å². The summed E-state index contributed by atoms with van der Waals surface area (Å²) in [5, 5.41) is 1.78. The van der Waals surface area contributed by atoms with Crippen LogP contribution in [0.4, 0.5) is 8.78 Å². The molecule has 0 spiro atoms. The van der Waals surface area contributed by atoms with Crippen LogP contribution in [0.25, 0.3) is 21.9 Å². The van der Waals surface area contributed by atoms with Gasteiger partial charge in [-0.05, 0) is 64.9 Å². The van der Waals surface area contributed by atoms with Gasteiger partial charge in [0.05, 0.1) is 0 Å². The van der Waals surface area contributed by atoms with Crippen molar-refractivity contribution in [2.24, 2.45) is 0 Å². The molecule has 30 heavy (non-hydrogen) atoms. The maximum Gasteiger partial charge on any atom is 0.134 e. The molecule has 0 amide bonds. The Balaban J connectivity index is 1.53. The zero-order valence-corrected chi connectivity index (χ0v) is 16.2. The zero-order valence-electron chi connectivity index (χ0n) is 16.2. The highest BCUT2D eigenvalue weighted by atomic mass is 19.1. The van der Waals surface area contributed by atoms with Crippen molar-refractivity contribution in [3.63, 3.8) is 0 Å². The Kier molecular flexibility index (Phi) is 5.59. The summed E-state index contributed by atoms with van der Waals surface area (Å²) in [6.45, 7) is 3.91. The molecule has 1 nitrogen and oxygen atoms in total. The minimum absolute atomic E-state index is 0.253. The van der Waals surface area contributed by atoms with Gasteiger partial charge < -0.3 is 4.74 Å². The molecule has 0 heterocycles. The highest BCUT2D eigenvalue weighted by Crippen LogP contribution is 2.26. The molecule has 4 aromatic carbocycles. The molecule has 0 fully saturated rings. The van der Waals surface area contributed by atoms with E-state index in [4.69, 9.17) is 4.74 Å². The SMILES string of the molecule is C=CCOc1ccc(-c2ccc(C#Cc3ccc4cc(F)ccc4c3)cc2)c(F)c1. The van der Waals surface area contributed by atoms with Crippen molar-refractivity contribution in [1.82, 2.24) is 0 Å². The van der Waals surface area contributed by atoms with Gasteiger partial charge in [-0.15, -0.1) is 0 Å². The molecule has 0 atom stereocenters. The molecular weight excluding hydrogens is 378 g/mol. The van der Waals surface area contributed by atoms with E-state index >= 15 is 0 Å². The molecule has 0 aliphatic rings. The van der Waals surface area contributed by atoms with E-state index < -0.39 is 0 Å². The third kappa shape index (κ3) is 4.39. The van der Waals surface area contributed by atoms with Gasteiger partial charge in [-0.2, -0.15) is 0 Å². The monoisotopic (exact) mass is 396 g/mol. The van der Waals surface area contributed by atoms with Gasteiger partial charge in [0.25, 0.3) is 0 Å². The lowest BCUT2D eigenvalue weighted by molar-refractivity contribution is 0.361. The van der Waals surface area contributed by atoms with Crippen LogP contribution in [0.5, 0.6) is 5.75 Å². The predicted molar refractivity (Wildman–Crippen MR) is 117 cm³/mol. The zero-order chi connectivity index (χ0) is 20.9. The standard InChI is InChI=1S/C27H18F2O/c1-2-15-30-25-13-14-26(27(29)18-25)21-8-5-19(6-9-21)3-4-20-7-10-23-17-24(28)12-11-22(23)16-20/h2,5-14,16-18H,1,15H2. The Morgan fingerprint density at radius 3 is 2.23 bits per heavy atom. The van der Waals surface area contributed by atoms with Gasteiger partial charge in [0.15, 0.2) is 0 Å². The molecule has 0 aromatic heterocycles. The van der Waals surface area contributed by atoms with Crippen LogP contribution in [0.2, 0.25) is 0 Å². The molecule has 0 saturated carbocycles. The first kappa shape index (κ1) is 19.4. The molecular formula is C27H18F2O. The summed E-state index contributed by atoms with van der Waals surface area (Å²) in [5.41, 5.74) is 2.94. The number of halogens is 2. The van der Waals surface area contributed by atoms with E-state index in [1.165, 1.54) is 18.2 Å². The van der Waals surface area contributed by atoms with Crippen LogP contribution in [-0.4, -0.2) is 6.61 Å². The highest BCUT2D eigenvalue weighted by Gasteiger charge is 2.07. The van der Waals surface area contributed by atoms with Crippen LogP contribution in [0, 0.1) is 23.5 Å².